The summed E-state index contributed by atoms with van der Waals surface area (Å²) < 4.78 is 0. The van der Waals surface area contributed by atoms with Crippen LogP contribution in [0.3, 0.4) is 0 Å². The molecule has 2 aromatic rings. The molecule has 2 N–H and O–H groups in total. The lowest BCUT2D eigenvalue weighted by molar-refractivity contribution is 1.16. The molecule has 0 aliphatic carbocycles. The molecule has 0 bridgehead atoms. The number of pyridine rings is 1. The molecule has 0 unspecified atom stereocenters. The van der Waals surface area contributed by atoms with Crippen LogP contribution in [0, 0.1) is 0 Å². The van der Waals surface area contributed by atoms with Gasteiger partial charge in [0.25, 0.3) is 0 Å². The summed E-state index contributed by atoms with van der Waals surface area (Å²) >= 11 is 5.85. The number of nitrogen functional groups attached to an aromatic ring is 1. The number of rotatable bonds is 2. The smallest absolute Gasteiger partial charge is 0.0635 e. The van der Waals surface area contributed by atoms with Crippen molar-refractivity contribution in [3.8, 4) is 0 Å². The number of anilines is 1. The summed E-state index contributed by atoms with van der Waals surface area (Å²) in [5.74, 6) is 0. The van der Waals surface area contributed by atoms with Crippen molar-refractivity contribution in [1.29, 1.82) is 0 Å². The second-order valence-electron chi connectivity index (χ2n) is 3.39. The van der Waals surface area contributed by atoms with E-state index in [1.807, 2.05) is 30.3 Å². The third kappa shape index (κ3) is 2.48. The van der Waals surface area contributed by atoms with Crippen molar-refractivity contribution in [3.05, 3.63) is 58.9 Å². The molecule has 76 valence electrons. The summed E-state index contributed by atoms with van der Waals surface area (Å²) in [5.41, 5.74) is 8.73. The number of halogens is 1. The van der Waals surface area contributed by atoms with Gasteiger partial charge in [0, 0.05) is 12.4 Å². The van der Waals surface area contributed by atoms with Gasteiger partial charge < -0.3 is 5.73 Å². The highest BCUT2D eigenvalue weighted by atomic mass is 35.5. The van der Waals surface area contributed by atoms with E-state index in [2.05, 4.69) is 4.98 Å². The molecule has 1 aromatic heterocycles. The van der Waals surface area contributed by atoms with Crippen LogP contribution in [0.4, 0.5) is 5.69 Å². The van der Waals surface area contributed by atoms with Crippen molar-refractivity contribution < 1.29 is 0 Å². The van der Waals surface area contributed by atoms with Gasteiger partial charge in [-0.3, -0.25) is 4.98 Å². The van der Waals surface area contributed by atoms with Crippen molar-refractivity contribution in [2.45, 2.75) is 6.42 Å². The molecule has 0 spiro atoms. The Morgan fingerprint density at radius 1 is 1.07 bits per heavy atom. The molecule has 0 fully saturated rings. The summed E-state index contributed by atoms with van der Waals surface area (Å²) in [4.78, 5) is 3.97. The van der Waals surface area contributed by atoms with E-state index < -0.39 is 0 Å². The molecule has 1 heterocycles. The monoisotopic (exact) mass is 218 g/mol. The molecule has 2 nitrogen and oxygen atoms in total. The van der Waals surface area contributed by atoms with Gasteiger partial charge >= 0.3 is 0 Å². The van der Waals surface area contributed by atoms with Crippen molar-refractivity contribution >= 4 is 17.3 Å². The van der Waals surface area contributed by atoms with Crippen LogP contribution in [0.1, 0.15) is 11.1 Å². The van der Waals surface area contributed by atoms with Gasteiger partial charge in [0.2, 0.25) is 0 Å². The molecule has 3 heteroatoms. The van der Waals surface area contributed by atoms with Gasteiger partial charge in [-0.05, 0) is 41.8 Å². The highest BCUT2D eigenvalue weighted by molar-refractivity contribution is 6.33. The van der Waals surface area contributed by atoms with Gasteiger partial charge in [0.05, 0.1) is 10.7 Å². The molecular formula is C12H11ClN2. The van der Waals surface area contributed by atoms with Gasteiger partial charge in [-0.25, -0.2) is 0 Å². The van der Waals surface area contributed by atoms with Crippen LogP contribution in [0.15, 0.2) is 42.7 Å². The minimum atomic E-state index is 0.605. The van der Waals surface area contributed by atoms with Crippen molar-refractivity contribution in [2.24, 2.45) is 0 Å². The van der Waals surface area contributed by atoms with Crippen LogP contribution in [0.5, 0.6) is 0 Å². The fourth-order valence-corrected chi connectivity index (χ4v) is 1.56. The molecule has 0 saturated carbocycles. The highest BCUT2D eigenvalue weighted by Crippen LogP contribution is 2.20. The lowest BCUT2D eigenvalue weighted by Gasteiger charge is -2.03. The third-order valence-electron chi connectivity index (χ3n) is 2.22. The zero-order chi connectivity index (χ0) is 10.7. The predicted molar refractivity (Wildman–Crippen MR) is 62.9 cm³/mol. The van der Waals surface area contributed by atoms with Gasteiger partial charge in [-0.2, -0.15) is 0 Å². The summed E-state index contributed by atoms with van der Waals surface area (Å²) in [6, 6.07) is 9.70. The Morgan fingerprint density at radius 2 is 1.80 bits per heavy atom. The first-order valence-electron chi connectivity index (χ1n) is 4.68. The average Bonchev–Trinajstić information content (AvgIpc) is 2.25. The van der Waals surface area contributed by atoms with Crippen LogP contribution in [0.25, 0.3) is 0 Å². The zero-order valence-electron chi connectivity index (χ0n) is 8.15. The molecule has 0 aliphatic heterocycles. The van der Waals surface area contributed by atoms with E-state index >= 15 is 0 Å². The van der Waals surface area contributed by atoms with Crippen LogP contribution in [0.2, 0.25) is 5.02 Å². The lowest BCUT2D eigenvalue weighted by Crippen LogP contribution is -1.92. The molecule has 0 atom stereocenters. The number of nitrogens with two attached hydrogens (primary N) is 1. The molecule has 1 aromatic carbocycles. The normalized spacial score (nSPS) is 10.2. The van der Waals surface area contributed by atoms with E-state index in [4.69, 9.17) is 17.3 Å². The second kappa shape index (κ2) is 4.32. The van der Waals surface area contributed by atoms with Gasteiger partial charge in [0.1, 0.15) is 0 Å². The molecule has 0 radical (unpaired) electrons. The Labute approximate surface area is 93.7 Å². The second-order valence-corrected chi connectivity index (χ2v) is 3.80. The summed E-state index contributed by atoms with van der Waals surface area (Å²) in [6.45, 7) is 0. The van der Waals surface area contributed by atoms with Gasteiger partial charge in [-0.15, -0.1) is 0 Å². The topological polar surface area (TPSA) is 38.9 Å². The fraction of sp³-hybridized carbons (Fsp3) is 0.0833. The van der Waals surface area contributed by atoms with Crippen LogP contribution in [-0.2, 0) is 6.42 Å². The van der Waals surface area contributed by atoms with Crippen LogP contribution >= 0.6 is 11.6 Å². The van der Waals surface area contributed by atoms with Gasteiger partial charge in [-0.1, -0.05) is 17.7 Å². The van der Waals surface area contributed by atoms with E-state index in [9.17, 15) is 0 Å². The van der Waals surface area contributed by atoms with E-state index in [1.165, 1.54) is 5.56 Å². The molecule has 0 aliphatic rings. The largest absolute Gasteiger partial charge is 0.398 e. The minimum Gasteiger partial charge on any atom is -0.398 e. The van der Waals surface area contributed by atoms with Crippen molar-refractivity contribution in [2.75, 3.05) is 5.73 Å². The fourth-order valence-electron chi connectivity index (χ4n) is 1.44. The molecule has 15 heavy (non-hydrogen) atoms. The zero-order valence-corrected chi connectivity index (χ0v) is 8.91. The molecular weight excluding hydrogens is 208 g/mol. The Bertz CT molecular complexity index is 454. The summed E-state index contributed by atoms with van der Waals surface area (Å²) in [7, 11) is 0. The van der Waals surface area contributed by atoms with E-state index in [0.29, 0.717) is 10.7 Å². The Hall–Kier alpha value is -1.54. The summed E-state index contributed by atoms with van der Waals surface area (Å²) in [5, 5.41) is 0.605. The van der Waals surface area contributed by atoms with Crippen LogP contribution < -0.4 is 5.73 Å². The highest BCUT2D eigenvalue weighted by Gasteiger charge is 1.99. The first-order chi connectivity index (χ1) is 7.25. The molecule has 0 saturated heterocycles. The Morgan fingerprint density at radius 3 is 2.47 bits per heavy atom. The first kappa shape index (κ1) is 9.99. The molecule has 0 amide bonds. The average molecular weight is 219 g/mol. The van der Waals surface area contributed by atoms with E-state index in [1.54, 1.807) is 12.4 Å². The number of aromatic nitrogens is 1. The maximum absolute atomic E-state index is 5.85. The minimum absolute atomic E-state index is 0.605. The van der Waals surface area contributed by atoms with Crippen LogP contribution in [-0.4, -0.2) is 4.98 Å². The number of nitrogens with zero attached hydrogens (tertiary/aromatic N) is 1. The Balaban J connectivity index is 2.22. The van der Waals surface area contributed by atoms with Crippen molar-refractivity contribution in [3.63, 3.8) is 0 Å². The standard InChI is InChI=1S/C12H11ClN2/c13-11-2-1-10(8-12(11)14)7-9-3-5-15-6-4-9/h1-6,8H,7,14H2. The number of benzene rings is 1. The summed E-state index contributed by atoms with van der Waals surface area (Å²) in [6.07, 6.45) is 4.42. The number of hydrogen-bond donors (Lipinski definition) is 1. The van der Waals surface area contributed by atoms with E-state index in [-0.39, 0.29) is 0 Å². The van der Waals surface area contributed by atoms with E-state index in [0.717, 1.165) is 12.0 Å². The third-order valence-corrected chi connectivity index (χ3v) is 2.56. The van der Waals surface area contributed by atoms with Crippen molar-refractivity contribution in [1.82, 2.24) is 4.98 Å². The maximum atomic E-state index is 5.85. The van der Waals surface area contributed by atoms with Gasteiger partial charge in [0.15, 0.2) is 0 Å². The maximum Gasteiger partial charge on any atom is 0.0635 e. The first-order valence-corrected chi connectivity index (χ1v) is 5.06. The molecule has 2 rings (SSSR count). The quantitative estimate of drug-likeness (QED) is 0.788. The lowest BCUT2D eigenvalue weighted by atomic mass is 10.1. The predicted octanol–water partition coefficient (Wildman–Crippen LogP) is 2.91. The SMILES string of the molecule is Nc1cc(Cc2ccncc2)ccc1Cl. The number of hydrogen-bond acceptors (Lipinski definition) is 2. The Kier molecular flexibility index (Phi) is 2.88.